The second-order valence-corrected chi connectivity index (χ2v) is 6.04. The number of nitrogens with zero attached hydrogens (tertiary/aromatic N) is 1. The predicted octanol–water partition coefficient (Wildman–Crippen LogP) is 1.06. The van der Waals surface area contributed by atoms with Gasteiger partial charge in [-0.05, 0) is 31.0 Å². The van der Waals surface area contributed by atoms with Crippen LogP contribution in [0.5, 0.6) is 5.75 Å². The second kappa shape index (κ2) is 9.46. The Morgan fingerprint density at radius 2 is 2.07 bits per heavy atom. The van der Waals surface area contributed by atoms with Crippen LogP contribution in [-0.2, 0) is 16.1 Å². The first-order valence-electron chi connectivity index (χ1n) is 8.59. The number of ether oxygens (including phenoxy) is 1. The maximum atomic E-state index is 12.2. The van der Waals surface area contributed by atoms with E-state index in [0.29, 0.717) is 13.0 Å². The highest BCUT2D eigenvalue weighted by Crippen LogP contribution is 2.26. The topological polar surface area (TPSA) is 136 Å². The summed E-state index contributed by atoms with van der Waals surface area (Å²) in [6.07, 6.45) is 2.60. The molecule has 0 aliphatic heterocycles. The van der Waals surface area contributed by atoms with Crippen LogP contribution in [0.15, 0.2) is 30.5 Å². The van der Waals surface area contributed by atoms with Crippen LogP contribution in [0.4, 0.5) is 4.79 Å². The molecule has 1 atom stereocenters. The van der Waals surface area contributed by atoms with E-state index in [2.05, 4.69) is 10.6 Å². The summed E-state index contributed by atoms with van der Waals surface area (Å²) in [6, 6.07) is 5.91. The SMILES string of the molecule is COc1cccc2c1ccn2CCC(=O)N[C@H](CCCNC(N)=O)C(=O)O. The van der Waals surface area contributed by atoms with Gasteiger partial charge in [0.2, 0.25) is 5.91 Å². The van der Waals surface area contributed by atoms with Crippen molar-refractivity contribution >= 4 is 28.8 Å². The zero-order valence-corrected chi connectivity index (χ0v) is 15.1. The maximum absolute atomic E-state index is 12.2. The van der Waals surface area contributed by atoms with Crippen LogP contribution in [0.3, 0.4) is 0 Å². The number of nitrogens with one attached hydrogen (secondary N) is 2. The Labute approximate surface area is 156 Å². The highest BCUT2D eigenvalue weighted by molar-refractivity contribution is 5.87. The number of carboxylic acids is 1. The number of aromatic nitrogens is 1. The van der Waals surface area contributed by atoms with Crippen LogP contribution in [0.2, 0.25) is 0 Å². The van der Waals surface area contributed by atoms with Gasteiger partial charge in [-0.3, -0.25) is 4.79 Å². The lowest BCUT2D eigenvalue weighted by atomic mass is 10.1. The third-order valence-electron chi connectivity index (χ3n) is 4.18. The molecule has 0 radical (unpaired) electrons. The van der Waals surface area contributed by atoms with E-state index in [9.17, 15) is 19.5 Å². The molecule has 5 N–H and O–H groups in total. The van der Waals surface area contributed by atoms with Crippen molar-refractivity contribution < 1.29 is 24.2 Å². The highest BCUT2D eigenvalue weighted by Gasteiger charge is 2.19. The van der Waals surface area contributed by atoms with Gasteiger partial charge in [-0.2, -0.15) is 0 Å². The minimum atomic E-state index is -1.11. The predicted molar refractivity (Wildman–Crippen MR) is 99.5 cm³/mol. The third kappa shape index (κ3) is 5.63. The fourth-order valence-electron chi connectivity index (χ4n) is 2.83. The molecule has 0 saturated carbocycles. The number of hydrogen-bond acceptors (Lipinski definition) is 4. The van der Waals surface area contributed by atoms with Gasteiger partial charge >= 0.3 is 12.0 Å². The van der Waals surface area contributed by atoms with Crippen molar-refractivity contribution in [1.82, 2.24) is 15.2 Å². The molecule has 9 nitrogen and oxygen atoms in total. The fraction of sp³-hybridized carbons (Fsp3) is 0.389. The first-order chi connectivity index (χ1) is 12.9. The van der Waals surface area contributed by atoms with Crippen molar-refractivity contribution in [3.05, 3.63) is 30.5 Å². The number of aliphatic carboxylic acids is 1. The zero-order chi connectivity index (χ0) is 19.8. The second-order valence-electron chi connectivity index (χ2n) is 6.04. The van der Waals surface area contributed by atoms with E-state index >= 15 is 0 Å². The average molecular weight is 376 g/mol. The Balaban J connectivity index is 1.89. The average Bonchev–Trinajstić information content (AvgIpc) is 3.05. The van der Waals surface area contributed by atoms with E-state index in [1.807, 2.05) is 35.0 Å². The van der Waals surface area contributed by atoms with Gasteiger partial charge in [0.15, 0.2) is 0 Å². The summed E-state index contributed by atoms with van der Waals surface area (Å²) >= 11 is 0. The number of hydrogen-bond donors (Lipinski definition) is 4. The van der Waals surface area contributed by atoms with Gasteiger partial charge in [-0.1, -0.05) is 6.07 Å². The Morgan fingerprint density at radius 1 is 1.30 bits per heavy atom. The van der Waals surface area contributed by atoms with Crippen molar-refractivity contribution in [1.29, 1.82) is 0 Å². The summed E-state index contributed by atoms with van der Waals surface area (Å²) < 4.78 is 7.24. The van der Waals surface area contributed by atoms with E-state index in [0.717, 1.165) is 16.7 Å². The largest absolute Gasteiger partial charge is 0.496 e. The molecule has 1 heterocycles. The van der Waals surface area contributed by atoms with E-state index in [-0.39, 0.29) is 25.3 Å². The molecule has 146 valence electrons. The minimum absolute atomic E-state index is 0.143. The molecule has 0 unspecified atom stereocenters. The van der Waals surface area contributed by atoms with Crippen molar-refractivity contribution in [3.63, 3.8) is 0 Å². The molecule has 1 aromatic heterocycles. The lowest BCUT2D eigenvalue weighted by Crippen LogP contribution is -2.41. The quantitative estimate of drug-likeness (QED) is 0.460. The zero-order valence-electron chi connectivity index (χ0n) is 15.1. The molecule has 2 rings (SSSR count). The number of carbonyl (C=O) groups is 3. The number of primary amides is 1. The number of fused-ring (bicyclic) bond motifs is 1. The Kier molecular flexibility index (Phi) is 7.04. The molecule has 0 spiro atoms. The van der Waals surface area contributed by atoms with Gasteiger partial charge in [-0.15, -0.1) is 0 Å². The summed E-state index contributed by atoms with van der Waals surface area (Å²) in [7, 11) is 1.60. The molecule has 0 saturated heterocycles. The highest BCUT2D eigenvalue weighted by atomic mass is 16.5. The normalized spacial score (nSPS) is 11.7. The Morgan fingerprint density at radius 3 is 2.74 bits per heavy atom. The summed E-state index contributed by atoms with van der Waals surface area (Å²) in [4.78, 5) is 34.0. The van der Waals surface area contributed by atoms with Crippen LogP contribution in [0.1, 0.15) is 19.3 Å². The summed E-state index contributed by atoms with van der Waals surface area (Å²) in [6.45, 7) is 0.671. The minimum Gasteiger partial charge on any atom is -0.496 e. The number of benzene rings is 1. The number of aryl methyl sites for hydroxylation is 1. The van der Waals surface area contributed by atoms with Crippen molar-refractivity contribution in [3.8, 4) is 5.75 Å². The number of rotatable bonds is 10. The molecule has 0 fully saturated rings. The van der Waals surface area contributed by atoms with Crippen LogP contribution in [0, 0.1) is 0 Å². The number of urea groups is 1. The number of carbonyl (C=O) groups excluding carboxylic acids is 2. The monoisotopic (exact) mass is 376 g/mol. The molecule has 3 amide bonds. The van der Waals surface area contributed by atoms with Crippen LogP contribution < -0.4 is 21.1 Å². The fourth-order valence-corrected chi connectivity index (χ4v) is 2.83. The molecule has 0 aliphatic carbocycles. The number of amides is 3. The number of nitrogens with two attached hydrogens (primary N) is 1. The third-order valence-corrected chi connectivity index (χ3v) is 4.18. The lowest BCUT2D eigenvalue weighted by Gasteiger charge is -2.15. The molecule has 0 aliphatic rings. The first-order valence-corrected chi connectivity index (χ1v) is 8.59. The van der Waals surface area contributed by atoms with E-state index < -0.39 is 18.0 Å². The lowest BCUT2D eigenvalue weighted by molar-refractivity contribution is -0.142. The molecule has 0 bridgehead atoms. The standard InChI is InChI=1S/C18H24N4O5/c1-27-15-6-2-5-14-12(15)7-10-22(14)11-8-16(23)21-13(17(24)25)4-3-9-20-18(19)26/h2,5-7,10,13H,3-4,8-9,11H2,1H3,(H,21,23)(H,24,25)(H3,19,20,26)/t13-/m1/s1. The van der Waals surface area contributed by atoms with Crippen molar-refractivity contribution in [2.24, 2.45) is 5.73 Å². The molecular formula is C18H24N4O5. The Bertz CT molecular complexity index is 817. The molecule has 9 heteroatoms. The summed E-state index contributed by atoms with van der Waals surface area (Å²) in [5, 5.41) is 15.1. The Hall–Kier alpha value is -3.23. The van der Waals surface area contributed by atoms with Gasteiger partial charge in [0.05, 0.1) is 12.6 Å². The summed E-state index contributed by atoms with van der Waals surface area (Å²) in [5.74, 6) is -0.709. The van der Waals surface area contributed by atoms with Gasteiger partial charge in [0.1, 0.15) is 11.8 Å². The molecular weight excluding hydrogens is 352 g/mol. The van der Waals surface area contributed by atoms with Crippen molar-refractivity contribution in [2.75, 3.05) is 13.7 Å². The van der Waals surface area contributed by atoms with Crippen LogP contribution in [0.25, 0.3) is 10.9 Å². The molecule has 2 aromatic rings. The van der Waals surface area contributed by atoms with Gasteiger partial charge in [0.25, 0.3) is 0 Å². The van der Waals surface area contributed by atoms with E-state index in [1.165, 1.54) is 0 Å². The maximum Gasteiger partial charge on any atom is 0.326 e. The first kappa shape index (κ1) is 20.1. The van der Waals surface area contributed by atoms with Gasteiger partial charge in [-0.25, -0.2) is 9.59 Å². The number of methoxy groups -OCH3 is 1. The number of carboxylic acid groups (broad SMARTS) is 1. The summed E-state index contributed by atoms with van der Waals surface area (Å²) in [5.41, 5.74) is 5.89. The smallest absolute Gasteiger partial charge is 0.326 e. The molecule has 27 heavy (non-hydrogen) atoms. The van der Waals surface area contributed by atoms with Gasteiger partial charge < -0.3 is 30.8 Å². The van der Waals surface area contributed by atoms with E-state index in [1.54, 1.807) is 7.11 Å². The molecule has 1 aromatic carbocycles. The van der Waals surface area contributed by atoms with Crippen molar-refractivity contribution in [2.45, 2.75) is 31.8 Å². The van der Waals surface area contributed by atoms with Crippen LogP contribution >= 0.6 is 0 Å². The van der Waals surface area contributed by atoms with Gasteiger partial charge in [0, 0.05) is 31.1 Å². The van der Waals surface area contributed by atoms with Crippen LogP contribution in [-0.4, -0.2) is 47.3 Å². The van der Waals surface area contributed by atoms with E-state index in [4.69, 9.17) is 10.5 Å².